The van der Waals surface area contributed by atoms with Gasteiger partial charge in [0.2, 0.25) is 0 Å². The minimum atomic E-state index is -3.41. The molecule has 2 aromatic rings. The molecule has 0 heterocycles. The minimum absolute atomic E-state index is 0.334. The SMILES string of the molecule is CCOP(=S)(OCC)OP(=O)(c1ccccc1)c1ccccc1. The molecule has 0 saturated heterocycles. The van der Waals surface area contributed by atoms with E-state index in [0.29, 0.717) is 23.8 Å². The molecule has 2 rings (SSSR count). The zero-order valence-electron chi connectivity index (χ0n) is 13.1. The van der Waals surface area contributed by atoms with Crippen LogP contribution in [0.25, 0.3) is 0 Å². The summed E-state index contributed by atoms with van der Waals surface area (Å²) in [5.74, 6) is 0. The van der Waals surface area contributed by atoms with E-state index < -0.39 is 14.1 Å². The molecule has 124 valence electrons. The normalized spacial score (nSPS) is 12.3. The predicted octanol–water partition coefficient (Wildman–Crippen LogP) is 4.23. The van der Waals surface area contributed by atoms with Gasteiger partial charge < -0.3 is 9.05 Å². The Balaban J connectivity index is 2.51. The van der Waals surface area contributed by atoms with Crippen LogP contribution in [-0.4, -0.2) is 13.2 Å². The van der Waals surface area contributed by atoms with Gasteiger partial charge in [0, 0.05) is 10.6 Å². The van der Waals surface area contributed by atoms with Gasteiger partial charge in [0.05, 0.1) is 13.2 Å². The molecule has 0 atom stereocenters. The molecule has 0 saturated carbocycles. The van der Waals surface area contributed by atoms with Gasteiger partial charge in [0.1, 0.15) is 0 Å². The van der Waals surface area contributed by atoms with Gasteiger partial charge in [-0.2, -0.15) is 0 Å². The Labute approximate surface area is 142 Å². The van der Waals surface area contributed by atoms with Crippen molar-refractivity contribution in [1.29, 1.82) is 0 Å². The molecule has 0 aromatic heterocycles. The Kier molecular flexibility index (Phi) is 6.72. The van der Waals surface area contributed by atoms with Crippen LogP contribution in [0.1, 0.15) is 13.8 Å². The highest BCUT2D eigenvalue weighted by Gasteiger charge is 2.36. The van der Waals surface area contributed by atoms with E-state index in [4.69, 9.17) is 25.2 Å². The first-order chi connectivity index (χ1) is 11.0. The highest BCUT2D eigenvalue weighted by Crippen LogP contribution is 2.63. The fourth-order valence-corrected chi connectivity index (χ4v) is 7.90. The Morgan fingerprint density at radius 1 is 0.826 bits per heavy atom. The van der Waals surface area contributed by atoms with Crippen molar-refractivity contribution >= 4 is 36.5 Å². The summed E-state index contributed by atoms with van der Waals surface area (Å²) in [5.41, 5.74) is 0. The molecule has 0 spiro atoms. The van der Waals surface area contributed by atoms with E-state index in [1.54, 1.807) is 38.1 Å². The fraction of sp³-hybridized carbons (Fsp3) is 0.250. The van der Waals surface area contributed by atoms with Gasteiger partial charge in [-0.25, -0.2) is 4.31 Å². The van der Waals surface area contributed by atoms with Gasteiger partial charge in [0.15, 0.2) is 0 Å². The molecule has 0 N–H and O–H groups in total. The molecule has 0 radical (unpaired) electrons. The average Bonchev–Trinajstić information content (AvgIpc) is 2.56. The average molecular weight is 370 g/mol. The van der Waals surface area contributed by atoms with Gasteiger partial charge in [0.25, 0.3) is 7.37 Å². The van der Waals surface area contributed by atoms with E-state index in [1.165, 1.54) is 0 Å². The highest BCUT2D eigenvalue weighted by molar-refractivity contribution is 8.09. The second-order valence-electron chi connectivity index (χ2n) is 4.59. The first kappa shape index (κ1) is 18.5. The fourth-order valence-electron chi connectivity index (χ4n) is 2.03. The van der Waals surface area contributed by atoms with Crippen LogP contribution in [0.15, 0.2) is 60.7 Å². The Morgan fingerprint density at radius 2 is 1.22 bits per heavy atom. The summed E-state index contributed by atoms with van der Waals surface area (Å²) >= 11 is 5.42. The van der Waals surface area contributed by atoms with Gasteiger partial charge in [-0.15, -0.1) is 0 Å². The van der Waals surface area contributed by atoms with Crippen molar-refractivity contribution in [1.82, 2.24) is 0 Å². The summed E-state index contributed by atoms with van der Waals surface area (Å²) in [7, 11) is -3.41. The molecule has 4 nitrogen and oxygen atoms in total. The second-order valence-corrected chi connectivity index (χ2v) is 10.1. The van der Waals surface area contributed by atoms with Crippen LogP contribution in [0.3, 0.4) is 0 Å². The molecule has 2 aromatic carbocycles. The summed E-state index contributed by atoms with van der Waals surface area (Å²) in [6, 6.07) is 18.1. The smallest absolute Gasteiger partial charge is 0.309 e. The minimum Gasteiger partial charge on any atom is -0.309 e. The van der Waals surface area contributed by atoms with Crippen LogP contribution in [-0.2, 0) is 29.7 Å². The third kappa shape index (κ3) is 4.60. The maximum atomic E-state index is 13.8. The van der Waals surface area contributed by atoms with Crippen molar-refractivity contribution in [2.24, 2.45) is 0 Å². The number of hydrogen-bond donors (Lipinski definition) is 0. The molecule has 23 heavy (non-hydrogen) atoms. The first-order valence-electron chi connectivity index (χ1n) is 7.36. The van der Waals surface area contributed by atoms with E-state index in [0.717, 1.165) is 0 Å². The maximum absolute atomic E-state index is 13.8. The third-order valence-corrected chi connectivity index (χ3v) is 9.04. The number of hydrogen-bond acceptors (Lipinski definition) is 5. The van der Waals surface area contributed by atoms with Gasteiger partial charge in [-0.3, -0.25) is 4.57 Å². The predicted molar refractivity (Wildman–Crippen MR) is 98.4 cm³/mol. The van der Waals surface area contributed by atoms with E-state index in [1.807, 2.05) is 36.4 Å². The van der Waals surface area contributed by atoms with Gasteiger partial charge in [-0.05, 0) is 49.9 Å². The Hall–Kier alpha value is -0.800. The monoisotopic (exact) mass is 370 g/mol. The van der Waals surface area contributed by atoms with E-state index in [-0.39, 0.29) is 0 Å². The lowest BCUT2D eigenvalue weighted by molar-refractivity contribution is 0.220. The van der Waals surface area contributed by atoms with Crippen molar-refractivity contribution in [2.45, 2.75) is 13.8 Å². The Morgan fingerprint density at radius 3 is 1.57 bits per heavy atom. The maximum Gasteiger partial charge on any atom is 0.333 e. The van der Waals surface area contributed by atoms with Crippen LogP contribution in [0.5, 0.6) is 0 Å². The molecule has 0 aliphatic heterocycles. The number of rotatable bonds is 8. The van der Waals surface area contributed by atoms with Crippen LogP contribution in [0.2, 0.25) is 0 Å². The zero-order valence-corrected chi connectivity index (χ0v) is 15.7. The third-order valence-electron chi connectivity index (χ3n) is 2.98. The van der Waals surface area contributed by atoms with Crippen LogP contribution in [0.4, 0.5) is 0 Å². The summed E-state index contributed by atoms with van der Waals surface area (Å²) in [5, 5.41) is 1.14. The molecule has 0 aliphatic carbocycles. The lowest BCUT2D eigenvalue weighted by Crippen LogP contribution is -2.18. The van der Waals surface area contributed by atoms with Crippen molar-refractivity contribution in [2.75, 3.05) is 13.2 Å². The molecular formula is C16H20O4P2S. The van der Waals surface area contributed by atoms with Crippen LogP contribution >= 0.6 is 14.1 Å². The van der Waals surface area contributed by atoms with E-state index in [2.05, 4.69) is 0 Å². The topological polar surface area (TPSA) is 44.8 Å². The summed E-state index contributed by atoms with van der Waals surface area (Å²) in [6.45, 7) is 1.18. The molecule has 0 fully saturated rings. The Bertz CT molecular complexity index is 653. The summed E-state index contributed by atoms with van der Waals surface area (Å²) in [4.78, 5) is 0. The highest BCUT2D eigenvalue weighted by atomic mass is 32.5. The lowest BCUT2D eigenvalue weighted by atomic mass is 10.4. The molecule has 7 heteroatoms. The molecular weight excluding hydrogens is 350 g/mol. The first-order valence-corrected chi connectivity index (χ1v) is 11.5. The molecule has 0 aliphatic rings. The lowest BCUT2D eigenvalue weighted by Gasteiger charge is -2.26. The summed E-state index contributed by atoms with van der Waals surface area (Å²) < 4.78 is 30.7. The quantitative estimate of drug-likeness (QED) is 0.651. The van der Waals surface area contributed by atoms with Crippen molar-refractivity contribution in [3.05, 3.63) is 60.7 Å². The van der Waals surface area contributed by atoms with Gasteiger partial charge in [-0.1, -0.05) is 36.4 Å². The standard InChI is InChI=1S/C16H20O4P2S/c1-3-18-22(23,19-4-2)20-21(17,15-11-7-5-8-12-15)16-13-9-6-10-14-16/h5-14H,3-4H2,1-2H3. The van der Waals surface area contributed by atoms with Crippen molar-refractivity contribution in [3.8, 4) is 0 Å². The largest absolute Gasteiger partial charge is 0.333 e. The second kappa shape index (κ2) is 8.34. The number of benzene rings is 2. The molecule has 0 bridgehead atoms. The summed E-state index contributed by atoms with van der Waals surface area (Å²) in [6.07, 6.45) is 0. The van der Waals surface area contributed by atoms with Gasteiger partial charge >= 0.3 is 6.72 Å². The van der Waals surface area contributed by atoms with Crippen molar-refractivity contribution in [3.63, 3.8) is 0 Å². The van der Waals surface area contributed by atoms with Crippen LogP contribution < -0.4 is 10.6 Å². The van der Waals surface area contributed by atoms with E-state index >= 15 is 0 Å². The van der Waals surface area contributed by atoms with Crippen molar-refractivity contribution < 1.29 is 17.9 Å². The van der Waals surface area contributed by atoms with Crippen LogP contribution in [0, 0.1) is 0 Å². The van der Waals surface area contributed by atoms with E-state index in [9.17, 15) is 4.57 Å². The zero-order chi connectivity index (χ0) is 16.8. The molecule has 0 unspecified atom stereocenters. The molecule has 0 amide bonds.